The highest BCUT2D eigenvalue weighted by molar-refractivity contribution is 6.29. The number of nitrogens with zero attached hydrogens (tertiary/aromatic N) is 4. The molecule has 9 heteroatoms. The summed E-state index contributed by atoms with van der Waals surface area (Å²) in [6.45, 7) is 11.1. The molecular weight excluding hydrogens is 516 g/mol. The van der Waals surface area contributed by atoms with Crippen molar-refractivity contribution >= 4 is 35.0 Å². The number of hydrogen-bond donors (Lipinski definition) is 2. The Hall–Kier alpha value is -4.04. The van der Waals surface area contributed by atoms with E-state index in [0.717, 1.165) is 5.56 Å². The summed E-state index contributed by atoms with van der Waals surface area (Å²) in [7, 11) is 0. The van der Waals surface area contributed by atoms with Crippen LogP contribution in [0.25, 0.3) is 33.7 Å². The van der Waals surface area contributed by atoms with Gasteiger partial charge in [0.1, 0.15) is 10.7 Å². The molecular formula is C30H31ClN4O4. The number of hydrogen-bond acceptors (Lipinski definition) is 5. The molecule has 0 fully saturated rings. The molecule has 2 heterocycles. The van der Waals surface area contributed by atoms with Crippen LogP contribution in [0.2, 0.25) is 5.15 Å². The van der Waals surface area contributed by atoms with Crippen LogP contribution in [0.3, 0.4) is 0 Å². The van der Waals surface area contributed by atoms with Crippen LogP contribution in [0.5, 0.6) is 0 Å². The second kappa shape index (κ2) is 9.93. The van der Waals surface area contributed by atoms with Gasteiger partial charge in [0.25, 0.3) is 0 Å². The number of halogens is 1. The van der Waals surface area contributed by atoms with Crippen molar-refractivity contribution in [2.45, 2.75) is 47.1 Å². The number of carbonyl (C=O) groups is 2. The van der Waals surface area contributed by atoms with Gasteiger partial charge in [-0.25, -0.2) is 29.4 Å². The van der Waals surface area contributed by atoms with Gasteiger partial charge < -0.3 is 10.2 Å². The monoisotopic (exact) mass is 546 g/mol. The van der Waals surface area contributed by atoms with Crippen molar-refractivity contribution in [1.82, 2.24) is 19.9 Å². The first kappa shape index (κ1) is 28.0. The fourth-order valence-corrected chi connectivity index (χ4v) is 6.09. The number of fused-ring (bicyclic) bond motifs is 1. The van der Waals surface area contributed by atoms with E-state index in [0.29, 0.717) is 43.7 Å². The summed E-state index contributed by atoms with van der Waals surface area (Å²) in [5.41, 5.74) is 1.29. The SMILES string of the molecule is CC(C)(C)C(c1ccc(-c2nc3nc(Cl)ccc3nc2-c2ccccc2)cc1)(N(C(=O)O)C(=O)O)C(C)(C)C. The summed E-state index contributed by atoms with van der Waals surface area (Å²) >= 11 is 6.13. The average Bonchev–Trinajstić information content (AvgIpc) is 2.85. The van der Waals surface area contributed by atoms with Crippen LogP contribution in [0.4, 0.5) is 9.59 Å². The zero-order chi connectivity index (χ0) is 28.8. The molecule has 0 unspecified atom stereocenters. The highest BCUT2D eigenvalue weighted by atomic mass is 35.5. The Morgan fingerprint density at radius 1 is 0.692 bits per heavy atom. The standard InChI is InChI=1S/C30H31ClN4O4/c1-28(2,3)30(29(4,5)6,35(26(36)37)27(38)39)20-14-12-19(13-15-20)24-23(18-10-8-7-9-11-18)32-21-16-17-22(31)33-25(21)34-24/h7-17H,1-6H3,(H,36,37)(H,38,39). The van der Waals surface area contributed by atoms with Gasteiger partial charge in [-0.3, -0.25) is 0 Å². The number of rotatable bonds is 4. The Labute approximate surface area is 232 Å². The van der Waals surface area contributed by atoms with Crippen LogP contribution in [0.15, 0.2) is 66.7 Å². The first-order valence-electron chi connectivity index (χ1n) is 12.4. The number of pyridine rings is 1. The highest BCUT2D eigenvalue weighted by Gasteiger charge is 2.60. The number of benzene rings is 2. The molecule has 4 rings (SSSR count). The van der Waals surface area contributed by atoms with E-state index in [2.05, 4.69) is 4.98 Å². The number of imide groups is 1. The summed E-state index contributed by atoms with van der Waals surface area (Å²) in [5.74, 6) is 0. The molecule has 2 N–H and O–H groups in total. The van der Waals surface area contributed by atoms with E-state index >= 15 is 0 Å². The van der Waals surface area contributed by atoms with Crippen molar-refractivity contribution in [3.63, 3.8) is 0 Å². The van der Waals surface area contributed by atoms with Crippen molar-refractivity contribution in [1.29, 1.82) is 0 Å². The molecule has 2 aromatic heterocycles. The summed E-state index contributed by atoms with van der Waals surface area (Å²) < 4.78 is 0. The molecule has 0 saturated heterocycles. The number of amides is 2. The molecule has 2 amide bonds. The Balaban J connectivity index is 1.99. The van der Waals surface area contributed by atoms with Crippen LogP contribution in [0, 0.1) is 10.8 Å². The van der Waals surface area contributed by atoms with E-state index in [4.69, 9.17) is 21.6 Å². The van der Waals surface area contributed by atoms with E-state index in [9.17, 15) is 19.8 Å². The topological polar surface area (TPSA) is 117 Å². The average molecular weight is 547 g/mol. The van der Waals surface area contributed by atoms with Crippen LogP contribution in [-0.4, -0.2) is 42.3 Å². The predicted molar refractivity (Wildman–Crippen MR) is 152 cm³/mol. The molecule has 0 atom stereocenters. The molecule has 0 saturated carbocycles. The van der Waals surface area contributed by atoms with Crippen molar-refractivity contribution in [3.05, 3.63) is 77.4 Å². The van der Waals surface area contributed by atoms with Crippen LogP contribution >= 0.6 is 11.6 Å². The van der Waals surface area contributed by atoms with Gasteiger partial charge in [-0.05, 0) is 28.5 Å². The second-order valence-corrected chi connectivity index (χ2v) is 11.8. The maximum atomic E-state index is 12.4. The van der Waals surface area contributed by atoms with Gasteiger partial charge in [0.2, 0.25) is 0 Å². The Morgan fingerprint density at radius 2 is 1.21 bits per heavy atom. The predicted octanol–water partition coefficient (Wildman–Crippen LogP) is 7.96. The molecule has 0 aliphatic heterocycles. The maximum Gasteiger partial charge on any atom is 0.417 e. The molecule has 0 aliphatic rings. The minimum Gasteiger partial charge on any atom is -0.464 e. The van der Waals surface area contributed by atoms with E-state index in [1.54, 1.807) is 24.3 Å². The lowest BCUT2D eigenvalue weighted by molar-refractivity contribution is -0.0664. The smallest absolute Gasteiger partial charge is 0.417 e. The largest absolute Gasteiger partial charge is 0.464 e. The molecule has 8 nitrogen and oxygen atoms in total. The first-order chi connectivity index (χ1) is 18.2. The molecule has 0 aliphatic carbocycles. The molecule has 4 aromatic rings. The van der Waals surface area contributed by atoms with Crippen LogP contribution in [-0.2, 0) is 5.54 Å². The summed E-state index contributed by atoms with van der Waals surface area (Å²) in [6, 6.07) is 20.3. The molecule has 39 heavy (non-hydrogen) atoms. The van der Waals surface area contributed by atoms with Crippen molar-refractivity contribution < 1.29 is 19.8 Å². The lowest BCUT2D eigenvalue weighted by Crippen LogP contribution is -2.64. The third-order valence-electron chi connectivity index (χ3n) is 7.01. The summed E-state index contributed by atoms with van der Waals surface area (Å²) in [4.78, 5) is 39.3. The van der Waals surface area contributed by atoms with Gasteiger partial charge in [-0.1, -0.05) is 108 Å². The lowest BCUT2D eigenvalue weighted by Gasteiger charge is -2.56. The summed E-state index contributed by atoms with van der Waals surface area (Å²) in [6.07, 6.45) is -3.07. The zero-order valence-electron chi connectivity index (χ0n) is 22.7. The van der Waals surface area contributed by atoms with Gasteiger partial charge in [-0.2, -0.15) is 0 Å². The van der Waals surface area contributed by atoms with Gasteiger partial charge in [-0.15, -0.1) is 0 Å². The number of carboxylic acid groups (broad SMARTS) is 2. The van der Waals surface area contributed by atoms with Gasteiger partial charge in [0.05, 0.1) is 16.9 Å². The van der Waals surface area contributed by atoms with Crippen molar-refractivity contribution in [2.75, 3.05) is 0 Å². The van der Waals surface area contributed by atoms with E-state index in [-0.39, 0.29) is 0 Å². The Kier molecular flexibility index (Phi) is 7.12. The number of aromatic nitrogens is 3. The minimum atomic E-state index is -1.54. The van der Waals surface area contributed by atoms with E-state index in [1.165, 1.54) is 0 Å². The maximum absolute atomic E-state index is 12.4. The van der Waals surface area contributed by atoms with Gasteiger partial charge in [0.15, 0.2) is 5.65 Å². The van der Waals surface area contributed by atoms with Crippen molar-refractivity contribution in [2.24, 2.45) is 10.8 Å². The first-order valence-corrected chi connectivity index (χ1v) is 12.8. The molecule has 202 valence electrons. The fourth-order valence-electron chi connectivity index (χ4n) is 5.95. The minimum absolute atomic E-state index is 0.299. The van der Waals surface area contributed by atoms with Crippen molar-refractivity contribution in [3.8, 4) is 22.5 Å². The molecule has 0 bridgehead atoms. The third-order valence-corrected chi connectivity index (χ3v) is 7.22. The highest BCUT2D eigenvalue weighted by Crippen LogP contribution is 2.55. The molecule has 0 spiro atoms. The molecule has 2 aromatic carbocycles. The fraction of sp³-hybridized carbons (Fsp3) is 0.300. The van der Waals surface area contributed by atoms with Gasteiger partial charge in [0, 0.05) is 11.1 Å². The second-order valence-electron chi connectivity index (χ2n) is 11.5. The van der Waals surface area contributed by atoms with E-state index in [1.807, 2.05) is 84.0 Å². The van der Waals surface area contributed by atoms with Gasteiger partial charge >= 0.3 is 12.2 Å². The zero-order valence-corrected chi connectivity index (χ0v) is 23.5. The summed E-state index contributed by atoms with van der Waals surface area (Å²) in [5, 5.41) is 20.5. The normalized spacial score (nSPS) is 12.4. The van der Waals surface area contributed by atoms with Crippen LogP contribution < -0.4 is 0 Å². The lowest BCUT2D eigenvalue weighted by atomic mass is 9.56. The third kappa shape index (κ3) is 4.81. The Bertz CT molecular complexity index is 1510. The van der Waals surface area contributed by atoms with E-state index < -0.39 is 28.6 Å². The quantitative estimate of drug-likeness (QED) is 0.249. The van der Waals surface area contributed by atoms with Crippen LogP contribution in [0.1, 0.15) is 47.1 Å². The molecule has 0 radical (unpaired) electrons. The Morgan fingerprint density at radius 3 is 1.72 bits per heavy atom.